The van der Waals surface area contributed by atoms with Gasteiger partial charge in [0.2, 0.25) is 0 Å². The molecule has 2 rings (SSSR count). The second kappa shape index (κ2) is 5.90. The molecule has 0 bridgehead atoms. The largest absolute Gasteiger partial charge is 0.382 e. The van der Waals surface area contributed by atoms with Crippen LogP contribution in [0.1, 0.15) is 25.3 Å². The Labute approximate surface area is 98.2 Å². The molecule has 0 saturated heterocycles. The van der Waals surface area contributed by atoms with E-state index in [4.69, 9.17) is 4.74 Å². The van der Waals surface area contributed by atoms with Crippen LogP contribution in [0.2, 0.25) is 0 Å². The number of benzene rings is 1. The highest BCUT2D eigenvalue weighted by molar-refractivity contribution is 5.55. The van der Waals surface area contributed by atoms with E-state index in [1.807, 2.05) is 0 Å². The molecule has 0 aromatic heterocycles. The molecule has 0 spiro atoms. The highest BCUT2D eigenvalue weighted by Crippen LogP contribution is 2.26. The fraction of sp³-hybridized carbons (Fsp3) is 0.571. The number of fused-ring (bicyclic) bond motifs is 1. The zero-order valence-corrected chi connectivity index (χ0v) is 10.1. The van der Waals surface area contributed by atoms with Crippen LogP contribution in [0.3, 0.4) is 0 Å². The Kier molecular flexibility index (Phi) is 4.23. The van der Waals surface area contributed by atoms with Gasteiger partial charge in [-0.15, -0.1) is 0 Å². The van der Waals surface area contributed by atoms with Crippen molar-refractivity contribution in [3.63, 3.8) is 0 Å². The summed E-state index contributed by atoms with van der Waals surface area (Å²) in [5, 5.41) is 0. The molecule has 0 atom stereocenters. The van der Waals surface area contributed by atoms with Crippen molar-refractivity contribution in [1.29, 1.82) is 0 Å². The molecule has 2 heteroatoms. The third-order valence-electron chi connectivity index (χ3n) is 3.13. The average molecular weight is 219 g/mol. The van der Waals surface area contributed by atoms with Crippen molar-refractivity contribution >= 4 is 5.69 Å². The van der Waals surface area contributed by atoms with Crippen LogP contribution in [0, 0.1) is 0 Å². The van der Waals surface area contributed by atoms with Gasteiger partial charge < -0.3 is 9.64 Å². The molecule has 0 saturated carbocycles. The normalized spacial score (nSPS) is 14.9. The zero-order valence-electron chi connectivity index (χ0n) is 10.1. The number of para-hydroxylation sites is 1. The van der Waals surface area contributed by atoms with Crippen molar-refractivity contribution < 1.29 is 4.74 Å². The molecule has 1 aromatic rings. The Hall–Kier alpha value is -1.02. The molecule has 0 radical (unpaired) electrons. The lowest BCUT2D eigenvalue weighted by atomic mass is 10.0. The maximum absolute atomic E-state index is 5.39. The molecule has 0 N–H and O–H groups in total. The number of rotatable bonds is 5. The standard InChI is InChI=1S/C14H21NO/c1-2-16-12-6-11-15-10-5-8-13-7-3-4-9-14(13)15/h3-4,7,9H,2,5-6,8,10-12H2,1H3. The number of hydrogen-bond donors (Lipinski definition) is 0. The third-order valence-corrected chi connectivity index (χ3v) is 3.13. The topological polar surface area (TPSA) is 12.5 Å². The van der Waals surface area contributed by atoms with Crippen LogP contribution in [0.4, 0.5) is 5.69 Å². The van der Waals surface area contributed by atoms with E-state index in [0.717, 1.165) is 26.2 Å². The van der Waals surface area contributed by atoms with Crippen LogP contribution < -0.4 is 4.90 Å². The predicted molar refractivity (Wildman–Crippen MR) is 68.1 cm³/mol. The van der Waals surface area contributed by atoms with E-state index in [9.17, 15) is 0 Å². The summed E-state index contributed by atoms with van der Waals surface area (Å²) in [6, 6.07) is 8.78. The second-order valence-corrected chi connectivity index (χ2v) is 4.27. The molecule has 2 nitrogen and oxygen atoms in total. The number of ether oxygens (including phenoxy) is 1. The molecule has 0 aliphatic carbocycles. The first-order chi connectivity index (χ1) is 7.92. The Morgan fingerprint density at radius 1 is 1.31 bits per heavy atom. The summed E-state index contributed by atoms with van der Waals surface area (Å²) in [5.41, 5.74) is 2.94. The summed E-state index contributed by atoms with van der Waals surface area (Å²) in [7, 11) is 0. The van der Waals surface area contributed by atoms with Gasteiger partial charge in [-0.3, -0.25) is 0 Å². The van der Waals surface area contributed by atoms with E-state index in [-0.39, 0.29) is 0 Å². The van der Waals surface area contributed by atoms with Crippen LogP contribution in [0.25, 0.3) is 0 Å². The van der Waals surface area contributed by atoms with E-state index in [0.29, 0.717) is 0 Å². The monoisotopic (exact) mass is 219 g/mol. The lowest BCUT2D eigenvalue weighted by molar-refractivity contribution is 0.146. The van der Waals surface area contributed by atoms with E-state index >= 15 is 0 Å². The first-order valence-corrected chi connectivity index (χ1v) is 6.32. The average Bonchev–Trinajstić information content (AvgIpc) is 2.35. The van der Waals surface area contributed by atoms with Crippen LogP contribution >= 0.6 is 0 Å². The Morgan fingerprint density at radius 2 is 2.19 bits per heavy atom. The van der Waals surface area contributed by atoms with Crippen molar-refractivity contribution in [2.75, 3.05) is 31.2 Å². The van der Waals surface area contributed by atoms with Crippen LogP contribution in [-0.2, 0) is 11.2 Å². The van der Waals surface area contributed by atoms with Gasteiger partial charge in [-0.2, -0.15) is 0 Å². The van der Waals surface area contributed by atoms with Crippen molar-refractivity contribution in [2.24, 2.45) is 0 Å². The first-order valence-electron chi connectivity index (χ1n) is 6.32. The summed E-state index contributed by atoms with van der Waals surface area (Å²) in [5.74, 6) is 0. The molecule has 88 valence electrons. The summed E-state index contributed by atoms with van der Waals surface area (Å²) in [6.45, 7) is 6.09. The molecule has 1 aliphatic heterocycles. The SMILES string of the molecule is CCOCCCN1CCCc2ccccc21. The number of anilines is 1. The minimum atomic E-state index is 0.830. The van der Waals surface area contributed by atoms with Crippen LogP contribution in [0.15, 0.2) is 24.3 Å². The molecular weight excluding hydrogens is 198 g/mol. The highest BCUT2D eigenvalue weighted by Gasteiger charge is 2.15. The summed E-state index contributed by atoms with van der Waals surface area (Å²) < 4.78 is 5.39. The van der Waals surface area contributed by atoms with Crippen molar-refractivity contribution in [1.82, 2.24) is 0 Å². The Balaban J connectivity index is 1.91. The fourth-order valence-corrected chi connectivity index (χ4v) is 2.35. The van der Waals surface area contributed by atoms with Crippen molar-refractivity contribution in [2.45, 2.75) is 26.2 Å². The van der Waals surface area contributed by atoms with Crippen molar-refractivity contribution in [3.8, 4) is 0 Å². The van der Waals surface area contributed by atoms with Gasteiger partial charge in [-0.1, -0.05) is 18.2 Å². The summed E-state index contributed by atoms with van der Waals surface area (Å²) in [4.78, 5) is 2.50. The van der Waals surface area contributed by atoms with Gasteiger partial charge in [0.15, 0.2) is 0 Å². The second-order valence-electron chi connectivity index (χ2n) is 4.27. The number of hydrogen-bond acceptors (Lipinski definition) is 2. The Morgan fingerprint density at radius 3 is 3.06 bits per heavy atom. The van der Waals surface area contributed by atoms with Gasteiger partial charge >= 0.3 is 0 Å². The minimum absolute atomic E-state index is 0.830. The lowest BCUT2D eigenvalue weighted by Gasteiger charge is -2.31. The minimum Gasteiger partial charge on any atom is -0.382 e. The predicted octanol–water partition coefficient (Wildman–Crippen LogP) is 2.87. The summed E-state index contributed by atoms with van der Waals surface area (Å²) >= 11 is 0. The Bertz CT molecular complexity index is 324. The van der Waals surface area contributed by atoms with E-state index in [1.54, 1.807) is 0 Å². The van der Waals surface area contributed by atoms with E-state index in [2.05, 4.69) is 36.1 Å². The quantitative estimate of drug-likeness (QED) is 0.706. The third kappa shape index (κ3) is 2.76. The van der Waals surface area contributed by atoms with Gasteiger partial charge in [0.1, 0.15) is 0 Å². The summed E-state index contributed by atoms with van der Waals surface area (Å²) in [6.07, 6.45) is 3.64. The van der Waals surface area contributed by atoms with Gasteiger partial charge in [-0.05, 0) is 37.8 Å². The smallest absolute Gasteiger partial charge is 0.0482 e. The molecule has 0 unspecified atom stereocenters. The van der Waals surface area contributed by atoms with Gasteiger partial charge in [-0.25, -0.2) is 0 Å². The molecular formula is C14H21NO. The maximum Gasteiger partial charge on any atom is 0.0482 e. The molecule has 0 fully saturated rings. The molecule has 1 aromatic carbocycles. The fourth-order valence-electron chi connectivity index (χ4n) is 2.35. The molecule has 1 heterocycles. The van der Waals surface area contributed by atoms with Gasteiger partial charge in [0.25, 0.3) is 0 Å². The molecule has 1 aliphatic rings. The molecule has 0 amide bonds. The first kappa shape index (κ1) is 11.5. The van der Waals surface area contributed by atoms with Gasteiger partial charge in [0.05, 0.1) is 0 Å². The van der Waals surface area contributed by atoms with Crippen LogP contribution in [0.5, 0.6) is 0 Å². The number of nitrogens with zero attached hydrogens (tertiary/aromatic N) is 1. The van der Waals surface area contributed by atoms with Gasteiger partial charge in [0, 0.05) is 32.0 Å². The zero-order chi connectivity index (χ0) is 11.2. The van der Waals surface area contributed by atoms with E-state index < -0.39 is 0 Å². The van der Waals surface area contributed by atoms with E-state index in [1.165, 1.54) is 30.6 Å². The molecule has 16 heavy (non-hydrogen) atoms. The number of aryl methyl sites for hydroxylation is 1. The van der Waals surface area contributed by atoms with Crippen LogP contribution in [-0.4, -0.2) is 26.3 Å². The lowest BCUT2D eigenvalue weighted by Crippen LogP contribution is -2.30. The van der Waals surface area contributed by atoms with Crippen molar-refractivity contribution in [3.05, 3.63) is 29.8 Å². The highest BCUT2D eigenvalue weighted by atomic mass is 16.5. The maximum atomic E-state index is 5.39.